The largest absolute Gasteiger partial charge is 0.387 e. The summed E-state index contributed by atoms with van der Waals surface area (Å²) >= 11 is 7.37. The molecule has 1 atom stereocenters. The van der Waals surface area contributed by atoms with Crippen LogP contribution in [-0.2, 0) is 6.42 Å². The van der Waals surface area contributed by atoms with Crippen molar-refractivity contribution < 1.29 is 5.11 Å². The molecule has 1 fully saturated rings. The summed E-state index contributed by atoms with van der Waals surface area (Å²) in [6, 6.07) is 4.39. The first-order valence-electron chi connectivity index (χ1n) is 6.68. The van der Waals surface area contributed by atoms with Crippen molar-refractivity contribution in [3.8, 4) is 0 Å². The normalized spacial score (nSPS) is 18.0. The maximum atomic E-state index is 10.2. The van der Waals surface area contributed by atoms with Gasteiger partial charge in [0.05, 0.1) is 22.9 Å². The van der Waals surface area contributed by atoms with Crippen LogP contribution in [0.4, 0.5) is 0 Å². The molecule has 1 saturated carbocycles. The van der Waals surface area contributed by atoms with E-state index in [1.54, 1.807) is 0 Å². The molecule has 3 rings (SSSR count). The minimum absolute atomic E-state index is 0.510. The fraction of sp³-hybridized carbons (Fsp3) is 0.500. The molecule has 1 N–H and O–H groups in total. The summed E-state index contributed by atoms with van der Waals surface area (Å²) in [7, 11) is 0. The third-order valence-electron chi connectivity index (χ3n) is 3.68. The van der Waals surface area contributed by atoms with E-state index in [2.05, 4.69) is 9.78 Å². The van der Waals surface area contributed by atoms with Gasteiger partial charge in [0.1, 0.15) is 0 Å². The van der Waals surface area contributed by atoms with Crippen LogP contribution in [-0.4, -0.2) is 14.9 Å². The fourth-order valence-corrected chi connectivity index (χ4v) is 3.73. The van der Waals surface area contributed by atoms with Crippen LogP contribution in [0.5, 0.6) is 0 Å². The second kappa shape index (κ2) is 5.65. The van der Waals surface area contributed by atoms with Gasteiger partial charge in [0.25, 0.3) is 0 Å². The number of rotatable bonds is 4. The second-order valence-corrected chi connectivity index (χ2v) is 6.49. The van der Waals surface area contributed by atoms with Gasteiger partial charge in [-0.3, -0.25) is 4.68 Å². The maximum Gasteiger partial charge on any atom is 0.0938 e. The Balaban J connectivity index is 1.66. The van der Waals surface area contributed by atoms with Gasteiger partial charge in [0.2, 0.25) is 0 Å². The van der Waals surface area contributed by atoms with Crippen LogP contribution in [0.25, 0.3) is 0 Å². The fourth-order valence-electron chi connectivity index (χ4n) is 2.66. The molecule has 102 valence electrons. The monoisotopic (exact) mass is 296 g/mol. The van der Waals surface area contributed by atoms with Gasteiger partial charge in [-0.2, -0.15) is 5.10 Å². The standard InChI is InChI=1S/C14H17ClN2OS/c15-10-7-14(19-9-10)13(18)8-11-5-6-17(16-11)12-3-1-2-4-12/h5-7,9,12-13,18H,1-4,8H2. The highest BCUT2D eigenvalue weighted by molar-refractivity contribution is 7.10. The molecular formula is C14H17ClN2OS. The summed E-state index contributed by atoms with van der Waals surface area (Å²) in [5.74, 6) is 0. The number of halogens is 1. The average Bonchev–Trinajstić information content (AvgIpc) is 3.07. The smallest absolute Gasteiger partial charge is 0.0938 e. The number of hydrogen-bond acceptors (Lipinski definition) is 3. The van der Waals surface area contributed by atoms with Crippen LogP contribution in [0.3, 0.4) is 0 Å². The minimum atomic E-state index is -0.510. The molecule has 2 aromatic heterocycles. The van der Waals surface area contributed by atoms with Crippen LogP contribution >= 0.6 is 22.9 Å². The first-order chi connectivity index (χ1) is 9.22. The van der Waals surface area contributed by atoms with E-state index in [1.165, 1.54) is 37.0 Å². The average molecular weight is 297 g/mol. The molecule has 0 aliphatic heterocycles. The number of nitrogens with zero attached hydrogens (tertiary/aromatic N) is 2. The Hall–Kier alpha value is -0.840. The Morgan fingerprint density at radius 1 is 1.47 bits per heavy atom. The maximum absolute atomic E-state index is 10.2. The number of hydrogen-bond donors (Lipinski definition) is 1. The molecule has 0 saturated heterocycles. The highest BCUT2D eigenvalue weighted by Gasteiger charge is 2.18. The van der Waals surface area contributed by atoms with E-state index in [9.17, 15) is 5.11 Å². The summed E-state index contributed by atoms with van der Waals surface area (Å²) < 4.78 is 2.07. The molecule has 2 heterocycles. The summed E-state index contributed by atoms with van der Waals surface area (Å²) in [6.45, 7) is 0. The van der Waals surface area contributed by atoms with Crippen molar-refractivity contribution in [2.24, 2.45) is 0 Å². The Morgan fingerprint density at radius 3 is 2.95 bits per heavy atom. The van der Waals surface area contributed by atoms with E-state index < -0.39 is 6.10 Å². The SMILES string of the molecule is OC(Cc1ccn(C2CCCC2)n1)c1cc(Cl)cs1. The summed E-state index contributed by atoms with van der Waals surface area (Å²) in [5, 5.41) is 17.3. The molecule has 1 aliphatic rings. The zero-order valence-corrected chi connectivity index (χ0v) is 12.2. The number of aromatic nitrogens is 2. The molecule has 0 bridgehead atoms. The van der Waals surface area contributed by atoms with Crippen LogP contribution in [0.15, 0.2) is 23.7 Å². The van der Waals surface area contributed by atoms with Crippen LogP contribution in [0.2, 0.25) is 5.02 Å². The van der Waals surface area contributed by atoms with Gasteiger partial charge in [-0.1, -0.05) is 24.4 Å². The Kier molecular flexibility index (Phi) is 3.91. The lowest BCUT2D eigenvalue weighted by molar-refractivity contribution is 0.180. The predicted octanol–water partition coefficient (Wildman–Crippen LogP) is 3.99. The molecule has 5 heteroatoms. The van der Waals surface area contributed by atoms with Crippen molar-refractivity contribution in [2.45, 2.75) is 44.2 Å². The molecule has 0 amide bonds. The van der Waals surface area contributed by atoms with Crippen molar-refractivity contribution in [1.29, 1.82) is 0 Å². The van der Waals surface area contributed by atoms with Crippen molar-refractivity contribution in [1.82, 2.24) is 9.78 Å². The summed E-state index contributed by atoms with van der Waals surface area (Å²) in [6.07, 6.45) is 7.14. The molecule has 0 radical (unpaired) electrons. The zero-order valence-electron chi connectivity index (χ0n) is 10.6. The Labute approximate surface area is 121 Å². The third-order valence-corrected chi connectivity index (χ3v) is 5.06. The summed E-state index contributed by atoms with van der Waals surface area (Å²) in [4.78, 5) is 0.903. The van der Waals surface area contributed by atoms with E-state index in [0.717, 1.165) is 10.6 Å². The molecular weight excluding hydrogens is 280 g/mol. The Bertz CT molecular complexity index is 545. The first-order valence-corrected chi connectivity index (χ1v) is 7.94. The second-order valence-electron chi connectivity index (χ2n) is 5.11. The topological polar surface area (TPSA) is 38.0 Å². The van der Waals surface area contributed by atoms with Crippen molar-refractivity contribution in [3.63, 3.8) is 0 Å². The molecule has 19 heavy (non-hydrogen) atoms. The van der Waals surface area contributed by atoms with Crippen LogP contribution < -0.4 is 0 Å². The van der Waals surface area contributed by atoms with Crippen LogP contribution in [0, 0.1) is 0 Å². The molecule has 0 spiro atoms. The third kappa shape index (κ3) is 3.02. The molecule has 3 nitrogen and oxygen atoms in total. The van der Waals surface area contributed by atoms with Gasteiger partial charge in [0.15, 0.2) is 0 Å². The highest BCUT2D eigenvalue weighted by atomic mass is 35.5. The van der Waals surface area contributed by atoms with Crippen molar-refractivity contribution >= 4 is 22.9 Å². The lowest BCUT2D eigenvalue weighted by atomic mass is 10.2. The Morgan fingerprint density at radius 2 is 2.26 bits per heavy atom. The van der Waals surface area contributed by atoms with E-state index in [1.807, 2.05) is 23.7 Å². The van der Waals surface area contributed by atoms with Crippen molar-refractivity contribution in [3.05, 3.63) is 39.3 Å². The van der Waals surface area contributed by atoms with E-state index in [4.69, 9.17) is 11.6 Å². The molecule has 0 aromatic carbocycles. The van der Waals surface area contributed by atoms with Gasteiger partial charge < -0.3 is 5.11 Å². The molecule has 2 aromatic rings. The van der Waals surface area contributed by atoms with Gasteiger partial charge in [-0.05, 0) is 25.0 Å². The van der Waals surface area contributed by atoms with Crippen molar-refractivity contribution in [2.75, 3.05) is 0 Å². The number of thiophene rings is 1. The van der Waals surface area contributed by atoms with Gasteiger partial charge >= 0.3 is 0 Å². The summed E-state index contributed by atoms with van der Waals surface area (Å²) in [5.41, 5.74) is 0.948. The zero-order chi connectivity index (χ0) is 13.2. The van der Waals surface area contributed by atoms with Gasteiger partial charge in [-0.25, -0.2) is 0 Å². The lowest BCUT2D eigenvalue weighted by Gasteiger charge is -2.09. The quantitative estimate of drug-likeness (QED) is 0.926. The lowest BCUT2D eigenvalue weighted by Crippen LogP contribution is -2.07. The highest BCUT2D eigenvalue weighted by Crippen LogP contribution is 2.30. The number of aliphatic hydroxyl groups is 1. The van der Waals surface area contributed by atoms with E-state index in [0.29, 0.717) is 17.5 Å². The minimum Gasteiger partial charge on any atom is -0.387 e. The first kappa shape index (κ1) is 13.2. The van der Waals surface area contributed by atoms with E-state index in [-0.39, 0.29) is 0 Å². The van der Waals surface area contributed by atoms with Gasteiger partial charge in [-0.15, -0.1) is 11.3 Å². The van der Waals surface area contributed by atoms with Gasteiger partial charge in [0, 0.05) is 22.9 Å². The molecule has 1 aliphatic carbocycles. The predicted molar refractivity (Wildman–Crippen MR) is 77.7 cm³/mol. The van der Waals surface area contributed by atoms with E-state index >= 15 is 0 Å². The molecule has 1 unspecified atom stereocenters. The van der Waals surface area contributed by atoms with Crippen LogP contribution in [0.1, 0.15) is 48.4 Å². The number of aliphatic hydroxyl groups excluding tert-OH is 1.